The molecular formula is C27H28N4O4. The highest BCUT2D eigenvalue weighted by molar-refractivity contribution is 6.06. The fourth-order valence-electron chi connectivity index (χ4n) is 3.69. The lowest BCUT2D eigenvalue weighted by atomic mass is 10.1. The number of H-pyrrole nitrogens is 1. The Morgan fingerprint density at radius 3 is 2.43 bits per heavy atom. The first-order valence-corrected chi connectivity index (χ1v) is 11.4. The van der Waals surface area contributed by atoms with E-state index in [-0.39, 0.29) is 11.8 Å². The second-order valence-corrected chi connectivity index (χ2v) is 8.03. The number of imidazole rings is 1. The number of rotatable bonds is 9. The lowest BCUT2D eigenvalue weighted by Gasteiger charge is -2.11. The first-order chi connectivity index (χ1) is 17.0. The number of nitrogens with zero attached hydrogens (tertiary/aromatic N) is 1. The molecule has 35 heavy (non-hydrogen) atoms. The number of fused-ring (bicyclic) bond motifs is 1. The molecule has 0 aliphatic rings. The number of anilines is 2. The molecule has 0 atom stereocenters. The summed E-state index contributed by atoms with van der Waals surface area (Å²) in [6.45, 7) is 1.82. The van der Waals surface area contributed by atoms with Gasteiger partial charge in [0.15, 0.2) is 0 Å². The minimum Gasteiger partial charge on any atom is -0.497 e. The van der Waals surface area contributed by atoms with Gasteiger partial charge in [0.05, 0.1) is 30.9 Å². The van der Waals surface area contributed by atoms with Crippen molar-refractivity contribution >= 4 is 34.2 Å². The summed E-state index contributed by atoms with van der Waals surface area (Å²) in [5, 5.41) is 5.74. The Balaban J connectivity index is 1.42. The molecule has 4 rings (SSSR count). The molecule has 8 nitrogen and oxygen atoms in total. The van der Waals surface area contributed by atoms with Gasteiger partial charge in [-0.1, -0.05) is 19.1 Å². The smallest absolute Gasteiger partial charge is 0.255 e. The van der Waals surface area contributed by atoms with Gasteiger partial charge in [-0.3, -0.25) is 9.59 Å². The van der Waals surface area contributed by atoms with Crippen molar-refractivity contribution in [1.82, 2.24) is 9.97 Å². The fraction of sp³-hybridized carbons (Fsp3) is 0.222. The maximum absolute atomic E-state index is 12.9. The quantitative estimate of drug-likeness (QED) is 0.319. The molecule has 3 N–H and O–H groups in total. The van der Waals surface area contributed by atoms with Crippen molar-refractivity contribution in [3.63, 3.8) is 0 Å². The SMILES string of the molecule is CCC(=O)Nc1ccc(CCc2nc3ccc(C(=O)Nc4ccc(OC)cc4OC)cc3[nH]2)cc1. The van der Waals surface area contributed by atoms with Gasteiger partial charge in [0.2, 0.25) is 5.91 Å². The molecule has 0 fully saturated rings. The summed E-state index contributed by atoms with van der Waals surface area (Å²) in [6.07, 6.45) is 1.97. The van der Waals surface area contributed by atoms with E-state index in [0.29, 0.717) is 29.2 Å². The second-order valence-electron chi connectivity index (χ2n) is 8.03. The maximum Gasteiger partial charge on any atom is 0.255 e. The Hall–Kier alpha value is -4.33. The van der Waals surface area contributed by atoms with Crippen LogP contribution in [0.25, 0.3) is 11.0 Å². The molecule has 0 saturated heterocycles. The average molecular weight is 473 g/mol. The number of aromatic nitrogens is 2. The highest BCUT2D eigenvalue weighted by Gasteiger charge is 2.13. The molecule has 0 aliphatic heterocycles. The van der Waals surface area contributed by atoms with Gasteiger partial charge in [0.1, 0.15) is 17.3 Å². The number of hydrogen-bond donors (Lipinski definition) is 3. The van der Waals surface area contributed by atoms with Crippen LogP contribution in [0.1, 0.15) is 35.1 Å². The number of carbonyl (C=O) groups excluding carboxylic acids is 2. The maximum atomic E-state index is 12.9. The molecule has 0 spiro atoms. The molecule has 1 aromatic heterocycles. The number of ether oxygens (including phenoxy) is 2. The lowest BCUT2D eigenvalue weighted by Crippen LogP contribution is -2.12. The Kier molecular flexibility index (Phi) is 7.30. The summed E-state index contributed by atoms with van der Waals surface area (Å²) in [6, 6.07) is 18.4. The summed E-state index contributed by atoms with van der Waals surface area (Å²) in [4.78, 5) is 32.3. The van der Waals surface area contributed by atoms with Crippen LogP contribution in [0.5, 0.6) is 11.5 Å². The molecule has 0 bridgehead atoms. The van der Waals surface area contributed by atoms with Gasteiger partial charge in [0.25, 0.3) is 5.91 Å². The second kappa shape index (κ2) is 10.7. The Morgan fingerprint density at radius 1 is 0.914 bits per heavy atom. The molecule has 180 valence electrons. The van der Waals surface area contributed by atoms with E-state index in [1.807, 2.05) is 37.3 Å². The Bertz CT molecular complexity index is 1350. The van der Waals surface area contributed by atoms with E-state index >= 15 is 0 Å². The molecule has 8 heteroatoms. The van der Waals surface area contributed by atoms with Crippen LogP contribution < -0.4 is 20.1 Å². The largest absolute Gasteiger partial charge is 0.497 e. The van der Waals surface area contributed by atoms with E-state index in [1.54, 1.807) is 44.6 Å². The van der Waals surface area contributed by atoms with E-state index in [0.717, 1.165) is 41.0 Å². The monoisotopic (exact) mass is 472 g/mol. The van der Waals surface area contributed by atoms with Crippen LogP contribution in [0.2, 0.25) is 0 Å². The predicted molar refractivity (Wildman–Crippen MR) is 136 cm³/mol. The van der Waals surface area contributed by atoms with Crippen LogP contribution in [0.3, 0.4) is 0 Å². The van der Waals surface area contributed by atoms with E-state index < -0.39 is 0 Å². The van der Waals surface area contributed by atoms with Crippen molar-refractivity contribution in [2.24, 2.45) is 0 Å². The third-order valence-electron chi connectivity index (χ3n) is 5.66. The number of nitrogens with one attached hydrogen (secondary N) is 3. The number of aromatic amines is 1. The van der Waals surface area contributed by atoms with Crippen molar-refractivity contribution in [3.05, 3.63) is 77.6 Å². The van der Waals surface area contributed by atoms with Crippen LogP contribution in [-0.4, -0.2) is 36.0 Å². The summed E-state index contributed by atoms with van der Waals surface area (Å²) < 4.78 is 10.6. The highest BCUT2D eigenvalue weighted by atomic mass is 16.5. The summed E-state index contributed by atoms with van der Waals surface area (Å²) in [5.41, 5.74) is 4.61. The number of carbonyl (C=O) groups is 2. The zero-order valence-electron chi connectivity index (χ0n) is 20.0. The van der Waals surface area contributed by atoms with Crippen LogP contribution >= 0.6 is 0 Å². The minimum absolute atomic E-state index is 0.00351. The molecule has 0 radical (unpaired) electrons. The molecule has 0 saturated carbocycles. The number of benzene rings is 3. The van der Waals surface area contributed by atoms with Gasteiger partial charge >= 0.3 is 0 Å². The van der Waals surface area contributed by atoms with Crippen LogP contribution in [0.15, 0.2) is 60.7 Å². The van der Waals surface area contributed by atoms with E-state index in [4.69, 9.17) is 9.47 Å². The first-order valence-electron chi connectivity index (χ1n) is 11.4. The topological polar surface area (TPSA) is 105 Å². The fourth-order valence-corrected chi connectivity index (χ4v) is 3.69. The van der Waals surface area contributed by atoms with Crippen molar-refractivity contribution in [3.8, 4) is 11.5 Å². The van der Waals surface area contributed by atoms with E-state index in [9.17, 15) is 9.59 Å². The Labute approximate surface area is 203 Å². The number of hydrogen-bond acceptors (Lipinski definition) is 5. The van der Waals surface area contributed by atoms with Gasteiger partial charge < -0.3 is 25.1 Å². The molecule has 0 aliphatic carbocycles. The van der Waals surface area contributed by atoms with Crippen molar-refractivity contribution < 1.29 is 19.1 Å². The van der Waals surface area contributed by atoms with Crippen LogP contribution in [0.4, 0.5) is 11.4 Å². The molecule has 3 aromatic carbocycles. The number of aryl methyl sites for hydroxylation is 2. The predicted octanol–water partition coefficient (Wildman–Crippen LogP) is 4.97. The summed E-state index contributed by atoms with van der Waals surface area (Å²) >= 11 is 0. The molecule has 4 aromatic rings. The first kappa shape index (κ1) is 23.8. The highest BCUT2D eigenvalue weighted by Crippen LogP contribution is 2.29. The standard InChI is InChI=1S/C27H28N4O4/c1-4-26(32)28-19-9-5-17(6-10-19)7-14-25-29-21-12-8-18(15-23(21)30-25)27(33)31-22-13-11-20(34-2)16-24(22)35-3/h5-6,8-13,15-16H,4,7,14H2,1-3H3,(H,28,32)(H,29,30)(H,31,33). The van der Waals surface area contributed by atoms with Crippen molar-refractivity contribution in [2.45, 2.75) is 26.2 Å². The van der Waals surface area contributed by atoms with Crippen molar-refractivity contribution in [1.29, 1.82) is 0 Å². The van der Waals surface area contributed by atoms with Gasteiger partial charge in [0, 0.05) is 30.2 Å². The van der Waals surface area contributed by atoms with Gasteiger partial charge in [-0.25, -0.2) is 4.98 Å². The molecule has 1 heterocycles. The Morgan fingerprint density at radius 2 is 1.71 bits per heavy atom. The normalized spacial score (nSPS) is 10.7. The van der Waals surface area contributed by atoms with Crippen LogP contribution in [-0.2, 0) is 17.6 Å². The molecular weight excluding hydrogens is 444 g/mol. The zero-order chi connectivity index (χ0) is 24.8. The zero-order valence-corrected chi connectivity index (χ0v) is 20.0. The minimum atomic E-state index is -0.248. The molecule has 2 amide bonds. The van der Waals surface area contributed by atoms with Gasteiger partial charge in [-0.05, 0) is 54.4 Å². The van der Waals surface area contributed by atoms with Gasteiger partial charge in [-0.15, -0.1) is 0 Å². The number of methoxy groups -OCH3 is 2. The van der Waals surface area contributed by atoms with Crippen molar-refractivity contribution in [2.75, 3.05) is 24.9 Å². The summed E-state index contributed by atoms with van der Waals surface area (Å²) in [5.74, 6) is 1.75. The lowest BCUT2D eigenvalue weighted by molar-refractivity contribution is -0.115. The van der Waals surface area contributed by atoms with E-state index in [1.165, 1.54) is 0 Å². The third-order valence-corrected chi connectivity index (χ3v) is 5.66. The van der Waals surface area contributed by atoms with E-state index in [2.05, 4.69) is 20.6 Å². The molecule has 0 unspecified atom stereocenters. The van der Waals surface area contributed by atoms with Crippen LogP contribution in [0, 0.1) is 0 Å². The average Bonchev–Trinajstić information content (AvgIpc) is 3.30. The summed E-state index contributed by atoms with van der Waals surface area (Å²) in [7, 11) is 3.12. The number of amides is 2. The van der Waals surface area contributed by atoms with Gasteiger partial charge in [-0.2, -0.15) is 0 Å². The third kappa shape index (κ3) is 5.78.